The Morgan fingerprint density at radius 1 is 1.48 bits per heavy atom. The lowest BCUT2D eigenvalue weighted by Gasteiger charge is -2.22. The summed E-state index contributed by atoms with van der Waals surface area (Å²) in [5.74, 6) is -1.27. The van der Waals surface area contributed by atoms with Gasteiger partial charge in [-0.15, -0.1) is 0 Å². The first-order chi connectivity index (χ1) is 11.0. The van der Waals surface area contributed by atoms with Gasteiger partial charge in [0, 0.05) is 12.3 Å². The maximum atomic E-state index is 12.9. The fraction of sp³-hybridized carbons (Fsp3) is 0.429. The molecule has 3 heterocycles. The fourth-order valence-electron chi connectivity index (χ4n) is 2.84. The van der Waals surface area contributed by atoms with E-state index in [1.54, 1.807) is 19.1 Å². The van der Waals surface area contributed by atoms with E-state index in [4.69, 9.17) is 9.47 Å². The average molecular weight is 338 g/mol. The van der Waals surface area contributed by atoms with Gasteiger partial charge in [-0.3, -0.25) is 19.1 Å². The van der Waals surface area contributed by atoms with Crippen LogP contribution in [0, 0.1) is 16.0 Å². The fourth-order valence-corrected chi connectivity index (χ4v) is 4.54. The summed E-state index contributed by atoms with van der Waals surface area (Å²) in [4.78, 5) is 26.5. The number of ether oxygens (including phenoxy) is 2. The summed E-state index contributed by atoms with van der Waals surface area (Å²) in [6.07, 6.45) is 3.72. The molecule has 1 saturated heterocycles. The molecule has 2 aliphatic rings. The number of carbonyl (C=O) groups excluding carboxylic acids is 1. The zero-order chi connectivity index (χ0) is 16.6. The van der Waals surface area contributed by atoms with E-state index in [0.29, 0.717) is 0 Å². The van der Waals surface area contributed by atoms with Gasteiger partial charge in [-0.2, -0.15) is 0 Å². The molecule has 1 aromatic rings. The number of fused-ring (bicyclic) bond motifs is 2. The average Bonchev–Trinajstić information content (AvgIpc) is 3.15. The maximum absolute atomic E-state index is 12.9. The number of carbonyl (C=O) groups is 1. The van der Waals surface area contributed by atoms with Gasteiger partial charge in [0.25, 0.3) is 0 Å². The molecule has 0 aliphatic carbocycles. The van der Waals surface area contributed by atoms with Crippen molar-refractivity contribution in [2.45, 2.75) is 29.4 Å². The number of esters is 1. The van der Waals surface area contributed by atoms with Crippen LogP contribution >= 0.6 is 0 Å². The maximum Gasteiger partial charge on any atom is 0.313 e. The first-order valence-corrected chi connectivity index (χ1v) is 8.26. The Morgan fingerprint density at radius 2 is 2.22 bits per heavy atom. The van der Waals surface area contributed by atoms with Crippen molar-refractivity contribution < 1.29 is 23.4 Å². The van der Waals surface area contributed by atoms with Crippen molar-refractivity contribution in [2.24, 2.45) is 5.92 Å². The van der Waals surface area contributed by atoms with Gasteiger partial charge in [0.1, 0.15) is 5.92 Å². The van der Waals surface area contributed by atoms with E-state index in [1.165, 1.54) is 18.3 Å². The molecule has 0 saturated carbocycles. The molecule has 122 valence electrons. The molecule has 8 nitrogen and oxygen atoms in total. The predicted molar refractivity (Wildman–Crippen MR) is 79.0 cm³/mol. The van der Waals surface area contributed by atoms with Gasteiger partial charge in [0.2, 0.25) is 5.03 Å². The Balaban J connectivity index is 1.96. The topological polar surface area (TPSA) is 109 Å². The monoisotopic (exact) mass is 338 g/mol. The minimum absolute atomic E-state index is 0.152. The predicted octanol–water partition coefficient (Wildman–Crippen LogP) is 0.982. The summed E-state index contributed by atoms with van der Waals surface area (Å²) < 4.78 is 23.5. The lowest BCUT2D eigenvalue weighted by molar-refractivity contribution is -0.388. The number of hydrogen-bond acceptors (Lipinski definition) is 7. The smallest absolute Gasteiger partial charge is 0.313 e. The zero-order valence-electron chi connectivity index (χ0n) is 12.2. The first-order valence-electron chi connectivity index (χ1n) is 7.05. The van der Waals surface area contributed by atoms with Crippen LogP contribution in [-0.4, -0.2) is 44.2 Å². The Hall–Kier alpha value is -2.13. The van der Waals surface area contributed by atoms with Crippen LogP contribution in [0.2, 0.25) is 0 Å². The highest BCUT2D eigenvalue weighted by Gasteiger charge is 2.54. The summed E-state index contributed by atoms with van der Waals surface area (Å²) in [5.41, 5.74) is -0.333. The molecule has 1 aromatic heterocycles. The second kappa shape index (κ2) is 6.17. The van der Waals surface area contributed by atoms with Crippen LogP contribution < -0.4 is 0 Å². The molecule has 9 heteroatoms. The molecule has 1 fully saturated rings. The van der Waals surface area contributed by atoms with E-state index >= 15 is 0 Å². The van der Waals surface area contributed by atoms with Crippen molar-refractivity contribution in [1.29, 1.82) is 0 Å². The molecule has 2 aliphatic heterocycles. The summed E-state index contributed by atoms with van der Waals surface area (Å²) in [6.45, 7) is 1.87. The van der Waals surface area contributed by atoms with E-state index < -0.39 is 45.1 Å². The molecular formula is C14H14N2O6S. The van der Waals surface area contributed by atoms with E-state index in [2.05, 4.69) is 4.98 Å². The Morgan fingerprint density at radius 3 is 2.91 bits per heavy atom. The third-order valence-electron chi connectivity index (χ3n) is 3.78. The van der Waals surface area contributed by atoms with E-state index in [0.717, 1.165) is 0 Å². The van der Waals surface area contributed by atoms with Crippen LogP contribution in [0.4, 0.5) is 5.69 Å². The Bertz CT molecular complexity index is 706. The third-order valence-corrected chi connectivity index (χ3v) is 5.53. The number of pyridine rings is 1. The van der Waals surface area contributed by atoms with Crippen molar-refractivity contribution in [1.82, 2.24) is 4.98 Å². The molecule has 5 unspecified atom stereocenters. The van der Waals surface area contributed by atoms with Gasteiger partial charge in [0.15, 0.2) is 0 Å². The van der Waals surface area contributed by atoms with E-state index in [-0.39, 0.29) is 17.3 Å². The highest BCUT2D eigenvalue weighted by atomic mass is 32.2. The molecule has 0 amide bonds. The molecule has 3 rings (SSSR count). The standard InChI is InChI=1S/C14H14N2O6S/c1-2-21-14(17)11-9-5-6-10(22-9)12(11)23(20)13-8(16(18)19)4-3-7-15-13/h3-7,9-12H,2H2,1H3. The van der Waals surface area contributed by atoms with Crippen molar-refractivity contribution >= 4 is 22.5 Å². The zero-order valence-corrected chi connectivity index (χ0v) is 13.0. The number of aromatic nitrogens is 1. The van der Waals surface area contributed by atoms with Crippen LogP contribution in [0.3, 0.4) is 0 Å². The summed E-state index contributed by atoms with van der Waals surface area (Å²) in [5, 5.41) is 10.2. The largest absolute Gasteiger partial charge is 0.466 e. The molecule has 0 N–H and O–H groups in total. The molecule has 2 bridgehead atoms. The summed E-state index contributed by atoms with van der Waals surface area (Å²) >= 11 is 0. The normalized spacial score (nSPS) is 29.4. The van der Waals surface area contributed by atoms with Gasteiger partial charge in [-0.1, -0.05) is 12.2 Å². The molecular weight excluding hydrogens is 324 g/mol. The van der Waals surface area contributed by atoms with Crippen LogP contribution in [0.25, 0.3) is 0 Å². The number of nitrogens with zero attached hydrogens (tertiary/aromatic N) is 2. The molecule has 0 radical (unpaired) electrons. The van der Waals surface area contributed by atoms with Crippen molar-refractivity contribution in [2.75, 3.05) is 6.61 Å². The lowest BCUT2D eigenvalue weighted by Crippen LogP contribution is -2.40. The highest BCUT2D eigenvalue weighted by Crippen LogP contribution is 2.40. The van der Waals surface area contributed by atoms with Crippen LogP contribution in [0.5, 0.6) is 0 Å². The number of hydrogen-bond donors (Lipinski definition) is 0. The van der Waals surface area contributed by atoms with E-state index in [1.807, 2.05) is 0 Å². The molecule has 0 aromatic carbocycles. The van der Waals surface area contributed by atoms with Gasteiger partial charge in [-0.05, 0) is 13.0 Å². The van der Waals surface area contributed by atoms with Crippen LogP contribution in [-0.2, 0) is 25.1 Å². The second-order valence-electron chi connectivity index (χ2n) is 5.07. The van der Waals surface area contributed by atoms with E-state index in [9.17, 15) is 19.1 Å². The van der Waals surface area contributed by atoms with Gasteiger partial charge < -0.3 is 9.47 Å². The molecule has 0 spiro atoms. The van der Waals surface area contributed by atoms with Crippen LogP contribution in [0.15, 0.2) is 35.5 Å². The Kier molecular flexibility index (Phi) is 4.22. The Labute approximate surface area is 134 Å². The quantitative estimate of drug-likeness (QED) is 0.341. The van der Waals surface area contributed by atoms with Gasteiger partial charge in [0.05, 0.1) is 39.8 Å². The van der Waals surface area contributed by atoms with Crippen molar-refractivity contribution in [3.05, 3.63) is 40.6 Å². The minimum atomic E-state index is -1.87. The molecule has 5 atom stereocenters. The van der Waals surface area contributed by atoms with Crippen molar-refractivity contribution in [3.8, 4) is 0 Å². The summed E-state index contributed by atoms with van der Waals surface area (Å²) in [7, 11) is -1.87. The minimum Gasteiger partial charge on any atom is -0.466 e. The number of nitro groups is 1. The number of rotatable bonds is 5. The third kappa shape index (κ3) is 2.66. The molecule has 23 heavy (non-hydrogen) atoms. The summed E-state index contributed by atoms with van der Waals surface area (Å²) in [6, 6.07) is 2.64. The second-order valence-corrected chi connectivity index (χ2v) is 6.60. The SMILES string of the molecule is CCOC(=O)C1C2C=CC(O2)C1S(=O)c1ncccc1[N+](=O)[O-]. The van der Waals surface area contributed by atoms with Gasteiger partial charge in [-0.25, -0.2) is 4.98 Å². The van der Waals surface area contributed by atoms with Crippen LogP contribution in [0.1, 0.15) is 6.92 Å². The van der Waals surface area contributed by atoms with Crippen molar-refractivity contribution in [3.63, 3.8) is 0 Å². The highest BCUT2D eigenvalue weighted by molar-refractivity contribution is 7.85. The van der Waals surface area contributed by atoms with Gasteiger partial charge >= 0.3 is 11.7 Å². The lowest BCUT2D eigenvalue weighted by atomic mass is 9.94. The first kappa shape index (κ1) is 15.8.